The summed E-state index contributed by atoms with van der Waals surface area (Å²) in [6.07, 6.45) is -2.84. The van der Waals surface area contributed by atoms with Gasteiger partial charge in [-0.05, 0) is 38.5 Å². The molecule has 12 atom stereocenters. The molecule has 0 aliphatic carbocycles. The number of nitrogens with zero attached hydrogens (tertiary/aromatic N) is 1. The fourth-order valence-electron chi connectivity index (χ4n) is 6.98. The lowest BCUT2D eigenvalue weighted by Gasteiger charge is -2.45. The Morgan fingerprint density at radius 2 is 1.80 bits per heavy atom. The molecule has 0 aromatic carbocycles. The molecule has 0 aromatic rings. The molecule has 0 aromatic heterocycles. The van der Waals surface area contributed by atoms with Crippen molar-refractivity contribution in [1.82, 2.24) is 36.8 Å². The quantitative estimate of drug-likeness (QED) is 0.188. The second-order valence-corrected chi connectivity index (χ2v) is 13.8. The summed E-state index contributed by atoms with van der Waals surface area (Å²) >= 11 is 8.01. The van der Waals surface area contributed by atoms with E-state index >= 15 is 0 Å². The van der Waals surface area contributed by atoms with Crippen LogP contribution < -0.4 is 31.9 Å². The van der Waals surface area contributed by atoms with E-state index in [4.69, 9.17) is 16.3 Å². The maximum atomic E-state index is 13.6. The van der Waals surface area contributed by atoms with Gasteiger partial charge in [-0.3, -0.25) is 25.5 Å². The third-order valence-electron chi connectivity index (χ3n) is 9.23. The van der Waals surface area contributed by atoms with Crippen molar-refractivity contribution in [2.24, 2.45) is 17.8 Å². The molecule has 0 radical (unpaired) electrons. The number of methoxy groups -OCH3 is 1. The molecule has 5 aliphatic rings. The standard InChI is InChI=1S/C25H41ClF3N7O3S/c1-11-4-13(14-5-20(26)32-7-17(14)39-3)15(6-30-11)22(37)35-24-33-16-9-36(10-18(16)40-24)23(38)21-12(2)31-8-19(34-21)25(27,28)29/h11-21,24,30-34H,4-10H2,1-3H3,(H,35,37). The largest absolute Gasteiger partial charge is 0.405 e. The molecule has 15 heteroatoms. The highest BCUT2D eigenvalue weighted by molar-refractivity contribution is 8.00. The Bertz CT molecular complexity index is 925. The van der Waals surface area contributed by atoms with E-state index in [0.717, 1.165) is 12.8 Å². The van der Waals surface area contributed by atoms with Crippen LogP contribution in [0, 0.1) is 17.8 Å². The topological polar surface area (TPSA) is 119 Å². The molecule has 5 rings (SSSR count). The average molecular weight is 612 g/mol. The number of carbonyl (C=O) groups is 2. The van der Waals surface area contributed by atoms with Crippen molar-refractivity contribution < 1.29 is 27.5 Å². The second-order valence-electron chi connectivity index (χ2n) is 11.9. The van der Waals surface area contributed by atoms with Crippen LogP contribution in [0.3, 0.4) is 0 Å². The predicted molar refractivity (Wildman–Crippen MR) is 147 cm³/mol. The van der Waals surface area contributed by atoms with E-state index in [9.17, 15) is 22.8 Å². The predicted octanol–water partition coefficient (Wildman–Crippen LogP) is -0.0136. The molecular weight excluding hydrogens is 571 g/mol. The monoisotopic (exact) mass is 611 g/mol. The van der Waals surface area contributed by atoms with Crippen LogP contribution in [0.2, 0.25) is 0 Å². The van der Waals surface area contributed by atoms with Gasteiger partial charge < -0.3 is 25.6 Å². The van der Waals surface area contributed by atoms with Crippen molar-refractivity contribution in [2.45, 2.75) is 85.4 Å². The Balaban J connectivity index is 1.16. The van der Waals surface area contributed by atoms with Crippen LogP contribution in [0.5, 0.6) is 0 Å². The maximum absolute atomic E-state index is 13.6. The fourth-order valence-corrected chi connectivity index (χ4v) is 8.68. The van der Waals surface area contributed by atoms with Crippen LogP contribution in [0.1, 0.15) is 26.7 Å². The molecule has 2 amide bonds. The summed E-state index contributed by atoms with van der Waals surface area (Å²) in [6, 6.07) is -2.88. The van der Waals surface area contributed by atoms with Gasteiger partial charge in [-0.2, -0.15) is 13.2 Å². The van der Waals surface area contributed by atoms with Crippen molar-refractivity contribution in [1.29, 1.82) is 0 Å². The van der Waals surface area contributed by atoms with E-state index in [-0.39, 0.29) is 64.5 Å². The van der Waals surface area contributed by atoms with Crippen LogP contribution >= 0.6 is 23.4 Å². The minimum atomic E-state index is -4.43. The zero-order valence-electron chi connectivity index (χ0n) is 23.0. The van der Waals surface area contributed by atoms with Crippen LogP contribution in [0.25, 0.3) is 0 Å². The minimum Gasteiger partial charge on any atom is -0.380 e. The third kappa shape index (κ3) is 6.53. The highest BCUT2D eigenvalue weighted by Crippen LogP contribution is 2.38. The van der Waals surface area contributed by atoms with Gasteiger partial charge in [0.25, 0.3) is 0 Å². The summed E-state index contributed by atoms with van der Waals surface area (Å²) in [5, 5.41) is 18.7. The van der Waals surface area contributed by atoms with Crippen LogP contribution in [0.15, 0.2) is 0 Å². The van der Waals surface area contributed by atoms with Crippen molar-refractivity contribution in [2.75, 3.05) is 39.8 Å². The number of hydrogen-bond acceptors (Lipinski definition) is 9. The first-order chi connectivity index (χ1) is 18.9. The number of piperidine rings is 2. The summed E-state index contributed by atoms with van der Waals surface area (Å²) in [7, 11) is 1.70. The van der Waals surface area contributed by atoms with Crippen molar-refractivity contribution >= 4 is 35.2 Å². The molecule has 0 bridgehead atoms. The first-order valence-electron chi connectivity index (χ1n) is 14.1. The van der Waals surface area contributed by atoms with E-state index in [2.05, 4.69) is 38.8 Å². The Hall–Kier alpha value is -0.870. The smallest absolute Gasteiger partial charge is 0.380 e. The first-order valence-corrected chi connectivity index (χ1v) is 15.5. The van der Waals surface area contributed by atoms with Gasteiger partial charge in [0.1, 0.15) is 17.6 Å². The minimum absolute atomic E-state index is 0.00885. The summed E-state index contributed by atoms with van der Waals surface area (Å²) < 4.78 is 45.6. The molecule has 10 nitrogen and oxygen atoms in total. The molecular formula is C25H41ClF3N7O3S. The number of ether oxygens (including phenoxy) is 1. The number of alkyl halides is 4. The van der Waals surface area contributed by atoms with Gasteiger partial charge in [0.2, 0.25) is 11.8 Å². The number of thioether (sulfide) groups is 1. The number of likely N-dealkylation sites (tertiary alicyclic amines) is 1. The number of hydrogen-bond donors (Lipinski definition) is 6. The first kappa shape index (κ1) is 30.6. The lowest BCUT2D eigenvalue weighted by Crippen LogP contribution is -2.68. The summed E-state index contributed by atoms with van der Waals surface area (Å²) in [6.45, 7) is 5.63. The molecule has 6 N–H and O–H groups in total. The molecule has 5 aliphatic heterocycles. The molecule has 5 heterocycles. The zero-order chi connectivity index (χ0) is 28.8. The van der Waals surface area contributed by atoms with E-state index in [1.807, 2.05) is 0 Å². The summed E-state index contributed by atoms with van der Waals surface area (Å²) in [5.41, 5.74) is -0.445. The van der Waals surface area contributed by atoms with Crippen molar-refractivity contribution in [3.63, 3.8) is 0 Å². The molecule has 5 saturated heterocycles. The van der Waals surface area contributed by atoms with Gasteiger partial charge in [-0.15, -0.1) is 23.4 Å². The van der Waals surface area contributed by atoms with E-state index in [1.54, 1.807) is 30.7 Å². The number of carbonyl (C=O) groups excluding carboxylic acids is 2. The normalized spacial score (nSPS) is 44.3. The Morgan fingerprint density at radius 3 is 2.50 bits per heavy atom. The van der Waals surface area contributed by atoms with Crippen LogP contribution in [-0.2, 0) is 14.3 Å². The van der Waals surface area contributed by atoms with Gasteiger partial charge in [0.05, 0.1) is 17.5 Å². The number of fused-ring (bicyclic) bond motifs is 1. The lowest BCUT2D eigenvalue weighted by atomic mass is 9.70. The summed E-state index contributed by atoms with van der Waals surface area (Å²) in [5.74, 6) is -0.285. The Morgan fingerprint density at radius 1 is 1.02 bits per heavy atom. The number of piperazine rings is 1. The van der Waals surface area contributed by atoms with E-state index < -0.39 is 24.3 Å². The van der Waals surface area contributed by atoms with Crippen LogP contribution in [0.4, 0.5) is 13.2 Å². The molecule has 5 fully saturated rings. The van der Waals surface area contributed by atoms with Gasteiger partial charge in [0.15, 0.2) is 0 Å². The fraction of sp³-hybridized carbons (Fsp3) is 0.920. The Labute approximate surface area is 242 Å². The molecule has 0 saturated carbocycles. The lowest BCUT2D eigenvalue weighted by molar-refractivity contribution is -0.164. The highest BCUT2D eigenvalue weighted by Gasteiger charge is 2.50. The molecule has 12 unspecified atom stereocenters. The van der Waals surface area contributed by atoms with Gasteiger partial charge in [-0.25, -0.2) is 0 Å². The number of amides is 2. The number of halogens is 4. The third-order valence-corrected chi connectivity index (χ3v) is 10.9. The van der Waals surface area contributed by atoms with Crippen molar-refractivity contribution in [3.8, 4) is 0 Å². The summed E-state index contributed by atoms with van der Waals surface area (Å²) in [4.78, 5) is 28.4. The van der Waals surface area contributed by atoms with Crippen LogP contribution in [-0.4, -0.2) is 115 Å². The SMILES string of the molecule is COC1CNC(Cl)CC1C1CC(C)NCC1C(=O)NC1NC2CN(C(=O)C3NC(C(F)(F)F)CNC3C)CC2S1. The van der Waals surface area contributed by atoms with Gasteiger partial charge in [-0.1, -0.05) is 0 Å². The average Bonchev–Trinajstić information content (AvgIpc) is 3.46. The zero-order valence-corrected chi connectivity index (χ0v) is 24.5. The van der Waals surface area contributed by atoms with Gasteiger partial charge in [0, 0.05) is 63.2 Å². The maximum Gasteiger partial charge on any atom is 0.405 e. The van der Waals surface area contributed by atoms with E-state index in [0.29, 0.717) is 32.2 Å². The molecule has 0 spiro atoms. The number of rotatable bonds is 5. The van der Waals surface area contributed by atoms with Crippen molar-refractivity contribution in [3.05, 3.63) is 0 Å². The molecule has 40 heavy (non-hydrogen) atoms. The molecule has 228 valence electrons. The number of nitrogens with one attached hydrogen (secondary N) is 6. The highest BCUT2D eigenvalue weighted by atomic mass is 35.5. The Kier molecular flexibility index (Phi) is 9.47. The van der Waals surface area contributed by atoms with E-state index in [1.165, 1.54) is 0 Å². The van der Waals surface area contributed by atoms with Gasteiger partial charge >= 0.3 is 6.18 Å². The second kappa shape index (κ2) is 12.4.